The molecule has 1 aliphatic carbocycles. The fraction of sp³-hybridized carbons (Fsp3) is 0.600. The maximum atomic E-state index is 13.3. The molecular weight excluding hydrogens is 390 g/mol. The van der Waals surface area contributed by atoms with Crippen LogP contribution in [0.1, 0.15) is 58.3 Å². The van der Waals surface area contributed by atoms with Crippen LogP contribution >= 0.6 is 0 Å². The highest BCUT2D eigenvalue weighted by molar-refractivity contribution is 5.94. The minimum atomic E-state index is 0.00440. The molecule has 3 aliphatic rings. The molecule has 6 heteroatoms. The quantitative estimate of drug-likeness (QED) is 0.707. The molecule has 0 radical (unpaired) electrons. The number of para-hydroxylation sites is 2. The van der Waals surface area contributed by atoms with Gasteiger partial charge in [-0.05, 0) is 63.5 Å². The molecule has 3 amide bonds. The summed E-state index contributed by atoms with van der Waals surface area (Å²) >= 11 is 0. The fourth-order valence-electron chi connectivity index (χ4n) is 4.82. The number of hydrogen-bond donors (Lipinski definition) is 1. The third kappa shape index (κ3) is 5.23. The Kier molecular flexibility index (Phi) is 7.15. The van der Waals surface area contributed by atoms with Gasteiger partial charge in [0.1, 0.15) is 11.9 Å². The van der Waals surface area contributed by atoms with Crippen LogP contribution in [0.3, 0.4) is 0 Å². The van der Waals surface area contributed by atoms with Gasteiger partial charge in [-0.25, -0.2) is 4.79 Å². The maximum absolute atomic E-state index is 13.3. The number of benzene rings is 1. The van der Waals surface area contributed by atoms with E-state index in [9.17, 15) is 9.59 Å². The number of amides is 3. The summed E-state index contributed by atoms with van der Waals surface area (Å²) < 4.78 is 6.01. The molecule has 4 rings (SSSR count). The van der Waals surface area contributed by atoms with Gasteiger partial charge in [0.25, 0.3) is 0 Å². The van der Waals surface area contributed by atoms with E-state index in [0.717, 1.165) is 43.7 Å². The van der Waals surface area contributed by atoms with Crippen molar-refractivity contribution in [3.8, 4) is 5.75 Å². The number of nitrogens with zero attached hydrogens (tertiary/aromatic N) is 2. The largest absolute Gasteiger partial charge is 0.486 e. The number of allylic oxidation sites excluding steroid dienone is 1. The first-order valence-electron chi connectivity index (χ1n) is 11.9. The summed E-state index contributed by atoms with van der Waals surface area (Å²) in [5.74, 6) is 0.923. The number of ether oxygens (including phenoxy) is 1. The molecule has 31 heavy (non-hydrogen) atoms. The van der Waals surface area contributed by atoms with Crippen LogP contribution in [-0.4, -0.2) is 49.1 Å². The van der Waals surface area contributed by atoms with E-state index in [1.807, 2.05) is 34.1 Å². The van der Waals surface area contributed by atoms with Crippen LogP contribution in [0.4, 0.5) is 10.5 Å². The number of likely N-dealkylation sites (tertiary alicyclic amines) is 1. The molecule has 2 aliphatic heterocycles. The average molecular weight is 426 g/mol. The summed E-state index contributed by atoms with van der Waals surface area (Å²) in [5.41, 5.74) is 2.33. The van der Waals surface area contributed by atoms with Gasteiger partial charge < -0.3 is 15.0 Å². The molecule has 0 spiro atoms. The molecule has 1 aromatic carbocycles. The minimum absolute atomic E-state index is 0.00440. The van der Waals surface area contributed by atoms with Crippen LogP contribution in [0, 0.1) is 5.92 Å². The van der Waals surface area contributed by atoms with Crippen molar-refractivity contribution >= 4 is 17.6 Å². The van der Waals surface area contributed by atoms with Crippen molar-refractivity contribution in [2.45, 2.75) is 64.4 Å². The Morgan fingerprint density at radius 2 is 1.97 bits per heavy atom. The van der Waals surface area contributed by atoms with E-state index in [1.165, 1.54) is 31.3 Å². The topological polar surface area (TPSA) is 61.9 Å². The van der Waals surface area contributed by atoms with E-state index >= 15 is 0 Å². The van der Waals surface area contributed by atoms with Gasteiger partial charge in [-0.3, -0.25) is 9.69 Å². The molecule has 1 atom stereocenters. The standard InChI is InChI=1S/C25H35N3O3/c1-2-21-18-28(22-10-6-7-11-23(22)31-21)25(30)27-16-13-20(14-17-27)24(29)26-15-12-19-8-4-3-5-9-19/h6-8,10-11,20-21H,2-5,9,12-18H2,1H3,(H,26,29). The van der Waals surface area contributed by atoms with Crippen molar-refractivity contribution in [1.82, 2.24) is 10.2 Å². The van der Waals surface area contributed by atoms with E-state index in [0.29, 0.717) is 19.6 Å². The van der Waals surface area contributed by atoms with E-state index in [-0.39, 0.29) is 24.0 Å². The molecule has 1 saturated heterocycles. The molecule has 6 nitrogen and oxygen atoms in total. The van der Waals surface area contributed by atoms with Crippen molar-refractivity contribution < 1.29 is 14.3 Å². The van der Waals surface area contributed by atoms with Crippen molar-refractivity contribution in [2.75, 3.05) is 31.1 Å². The second-order valence-corrected chi connectivity index (χ2v) is 8.92. The van der Waals surface area contributed by atoms with E-state index in [1.54, 1.807) is 0 Å². The molecule has 2 heterocycles. The highest BCUT2D eigenvalue weighted by Gasteiger charge is 2.34. The second-order valence-electron chi connectivity index (χ2n) is 8.92. The van der Waals surface area contributed by atoms with Crippen LogP contribution in [-0.2, 0) is 4.79 Å². The van der Waals surface area contributed by atoms with Gasteiger partial charge in [0.2, 0.25) is 5.91 Å². The Balaban J connectivity index is 1.28. The monoisotopic (exact) mass is 425 g/mol. The molecule has 1 fully saturated rings. The number of fused-ring (bicyclic) bond motifs is 1. The number of piperidine rings is 1. The van der Waals surface area contributed by atoms with Gasteiger partial charge in [-0.2, -0.15) is 0 Å². The summed E-state index contributed by atoms with van der Waals surface area (Å²) in [6, 6.07) is 7.78. The Morgan fingerprint density at radius 3 is 2.71 bits per heavy atom. The van der Waals surface area contributed by atoms with Crippen molar-refractivity contribution in [1.29, 1.82) is 0 Å². The third-order valence-corrected chi connectivity index (χ3v) is 6.79. The molecule has 1 unspecified atom stereocenters. The van der Waals surface area contributed by atoms with Crippen molar-refractivity contribution in [3.63, 3.8) is 0 Å². The average Bonchev–Trinajstić information content (AvgIpc) is 2.83. The third-order valence-electron chi connectivity index (χ3n) is 6.79. The van der Waals surface area contributed by atoms with Gasteiger partial charge in [-0.1, -0.05) is 30.7 Å². The first-order chi connectivity index (χ1) is 15.2. The van der Waals surface area contributed by atoms with Crippen molar-refractivity contribution in [3.05, 3.63) is 35.9 Å². The van der Waals surface area contributed by atoms with Gasteiger partial charge in [0, 0.05) is 25.6 Å². The number of nitrogens with one attached hydrogen (secondary N) is 1. The number of carbonyl (C=O) groups is 2. The molecule has 0 bridgehead atoms. The minimum Gasteiger partial charge on any atom is -0.486 e. The molecular formula is C25H35N3O3. The second kappa shape index (κ2) is 10.2. The van der Waals surface area contributed by atoms with E-state index in [2.05, 4.69) is 18.3 Å². The summed E-state index contributed by atoms with van der Waals surface area (Å²) in [4.78, 5) is 29.6. The van der Waals surface area contributed by atoms with Crippen LogP contribution < -0.4 is 15.0 Å². The van der Waals surface area contributed by atoms with Crippen LogP contribution in [0.2, 0.25) is 0 Å². The summed E-state index contributed by atoms with van der Waals surface area (Å²) in [5, 5.41) is 3.12. The Bertz CT molecular complexity index is 814. The number of hydrogen-bond acceptors (Lipinski definition) is 3. The molecule has 0 aromatic heterocycles. The number of rotatable bonds is 5. The zero-order valence-corrected chi connectivity index (χ0v) is 18.6. The lowest BCUT2D eigenvalue weighted by Gasteiger charge is -2.39. The normalized spacial score (nSPS) is 21.7. The molecule has 168 valence electrons. The Hall–Kier alpha value is -2.50. The summed E-state index contributed by atoms with van der Waals surface area (Å²) in [6.07, 6.45) is 10.6. The predicted octanol–water partition coefficient (Wildman–Crippen LogP) is 4.50. The number of carbonyl (C=O) groups excluding carboxylic acids is 2. The Labute approximate surface area is 185 Å². The predicted molar refractivity (Wildman–Crippen MR) is 122 cm³/mol. The lowest BCUT2D eigenvalue weighted by Crippen LogP contribution is -2.52. The van der Waals surface area contributed by atoms with Gasteiger partial charge >= 0.3 is 6.03 Å². The lowest BCUT2D eigenvalue weighted by atomic mass is 9.95. The summed E-state index contributed by atoms with van der Waals surface area (Å²) in [6.45, 7) is 4.63. The molecule has 0 saturated carbocycles. The van der Waals surface area contributed by atoms with Crippen LogP contribution in [0.25, 0.3) is 0 Å². The highest BCUT2D eigenvalue weighted by Crippen LogP contribution is 2.35. The van der Waals surface area contributed by atoms with Crippen LogP contribution in [0.5, 0.6) is 5.75 Å². The van der Waals surface area contributed by atoms with Crippen molar-refractivity contribution in [2.24, 2.45) is 5.92 Å². The number of urea groups is 1. The van der Waals surface area contributed by atoms with E-state index in [4.69, 9.17) is 4.74 Å². The first-order valence-corrected chi connectivity index (χ1v) is 11.9. The lowest BCUT2D eigenvalue weighted by molar-refractivity contribution is -0.126. The van der Waals surface area contributed by atoms with Gasteiger partial charge in [0.15, 0.2) is 0 Å². The summed E-state index contributed by atoms with van der Waals surface area (Å²) in [7, 11) is 0. The first kappa shape index (κ1) is 21.7. The highest BCUT2D eigenvalue weighted by atomic mass is 16.5. The fourth-order valence-corrected chi connectivity index (χ4v) is 4.82. The molecule has 1 N–H and O–H groups in total. The SMILES string of the molecule is CCC1CN(C(=O)N2CCC(C(=O)NCCC3=CCCCC3)CC2)c2ccccc2O1. The van der Waals surface area contributed by atoms with Crippen LogP contribution in [0.15, 0.2) is 35.9 Å². The maximum Gasteiger partial charge on any atom is 0.324 e. The van der Waals surface area contributed by atoms with Gasteiger partial charge in [-0.15, -0.1) is 0 Å². The zero-order chi connectivity index (χ0) is 21.6. The van der Waals surface area contributed by atoms with Gasteiger partial charge in [0.05, 0.1) is 12.2 Å². The number of anilines is 1. The Morgan fingerprint density at radius 1 is 1.16 bits per heavy atom. The molecule has 1 aromatic rings. The smallest absolute Gasteiger partial charge is 0.324 e. The zero-order valence-electron chi connectivity index (χ0n) is 18.6. The van der Waals surface area contributed by atoms with E-state index < -0.39 is 0 Å².